The number of methoxy groups -OCH3 is 1. The Hall–Kier alpha value is -1.60. The summed E-state index contributed by atoms with van der Waals surface area (Å²) in [6.45, 7) is 3.34. The minimum Gasteiger partial charge on any atom is -0.383 e. The van der Waals surface area contributed by atoms with Crippen molar-refractivity contribution in [3.63, 3.8) is 0 Å². The fourth-order valence-electron chi connectivity index (χ4n) is 2.94. The Kier molecular flexibility index (Phi) is 6.62. The molecule has 1 saturated heterocycles. The standard InChI is InChI=1S/C17H26N2O4S/c1-14-4-3-5-15(12-14)6-8-18-17(20)19(9-10-23-2)16-7-11-24(21,22)13-16/h3-5,12,16H,6-11,13H2,1-2H3,(H,18,20). The Morgan fingerprint density at radius 2 is 2.21 bits per heavy atom. The van der Waals surface area contributed by atoms with Crippen LogP contribution in [-0.4, -0.2) is 63.7 Å². The van der Waals surface area contributed by atoms with Crippen molar-refractivity contribution in [1.82, 2.24) is 10.2 Å². The van der Waals surface area contributed by atoms with Gasteiger partial charge in [-0.05, 0) is 25.3 Å². The number of aryl methyl sites for hydroxylation is 1. The maximum atomic E-state index is 12.5. The summed E-state index contributed by atoms with van der Waals surface area (Å²) in [6, 6.07) is 7.69. The fraction of sp³-hybridized carbons (Fsp3) is 0.588. The molecule has 1 fully saturated rings. The van der Waals surface area contributed by atoms with Gasteiger partial charge in [0.1, 0.15) is 0 Å². The first kappa shape index (κ1) is 18.7. The Bertz CT molecular complexity index is 660. The summed E-state index contributed by atoms with van der Waals surface area (Å²) in [4.78, 5) is 14.1. The van der Waals surface area contributed by atoms with Crippen LogP contribution in [0.15, 0.2) is 24.3 Å². The van der Waals surface area contributed by atoms with Crippen LogP contribution in [0.5, 0.6) is 0 Å². The van der Waals surface area contributed by atoms with E-state index in [1.165, 1.54) is 11.1 Å². The molecule has 24 heavy (non-hydrogen) atoms. The molecule has 1 atom stereocenters. The lowest BCUT2D eigenvalue weighted by atomic mass is 10.1. The van der Waals surface area contributed by atoms with E-state index in [0.717, 1.165) is 6.42 Å². The number of sulfone groups is 1. The zero-order valence-corrected chi connectivity index (χ0v) is 15.1. The van der Waals surface area contributed by atoms with Crippen molar-refractivity contribution in [2.24, 2.45) is 0 Å². The molecule has 0 saturated carbocycles. The van der Waals surface area contributed by atoms with E-state index < -0.39 is 9.84 Å². The molecule has 1 aliphatic heterocycles. The SMILES string of the molecule is COCCN(C(=O)NCCc1cccc(C)c1)C1CCS(=O)(=O)C1. The third-order valence-electron chi connectivity index (χ3n) is 4.22. The van der Waals surface area contributed by atoms with Crippen LogP contribution in [0.2, 0.25) is 0 Å². The van der Waals surface area contributed by atoms with Gasteiger partial charge in [0.25, 0.3) is 0 Å². The molecule has 1 heterocycles. The highest BCUT2D eigenvalue weighted by molar-refractivity contribution is 7.91. The minimum absolute atomic E-state index is 0.0437. The number of benzene rings is 1. The Morgan fingerprint density at radius 1 is 1.42 bits per heavy atom. The van der Waals surface area contributed by atoms with Crippen LogP contribution in [-0.2, 0) is 21.0 Å². The molecule has 1 N–H and O–H groups in total. The van der Waals surface area contributed by atoms with E-state index in [-0.39, 0.29) is 23.6 Å². The molecule has 1 aliphatic rings. The first-order valence-corrected chi connectivity index (χ1v) is 10.0. The molecular formula is C17H26N2O4S. The van der Waals surface area contributed by atoms with E-state index in [0.29, 0.717) is 26.1 Å². The van der Waals surface area contributed by atoms with E-state index in [4.69, 9.17) is 4.74 Å². The normalized spacial score (nSPS) is 19.2. The average Bonchev–Trinajstić information content (AvgIpc) is 2.88. The number of rotatable bonds is 7. The van der Waals surface area contributed by atoms with Gasteiger partial charge in [0.05, 0.1) is 18.1 Å². The molecule has 1 aromatic carbocycles. The van der Waals surface area contributed by atoms with Gasteiger partial charge in [-0.1, -0.05) is 29.8 Å². The second kappa shape index (κ2) is 8.48. The summed E-state index contributed by atoms with van der Waals surface area (Å²) in [5.74, 6) is 0.194. The number of urea groups is 1. The molecule has 0 bridgehead atoms. The number of hydrogen-bond acceptors (Lipinski definition) is 4. The van der Waals surface area contributed by atoms with Crippen LogP contribution < -0.4 is 5.32 Å². The third kappa shape index (κ3) is 5.49. The van der Waals surface area contributed by atoms with Crippen molar-refractivity contribution in [2.75, 3.05) is 38.3 Å². The van der Waals surface area contributed by atoms with Crippen molar-refractivity contribution in [2.45, 2.75) is 25.8 Å². The van der Waals surface area contributed by atoms with Crippen molar-refractivity contribution in [3.05, 3.63) is 35.4 Å². The lowest BCUT2D eigenvalue weighted by Crippen LogP contribution is -2.48. The number of nitrogens with zero attached hydrogens (tertiary/aromatic N) is 1. The predicted octanol–water partition coefficient (Wildman–Crippen LogP) is 1.38. The molecule has 0 radical (unpaired) electrons. The van der Waals surface area contributed by atoms with Gasteiger partial charge in [-0.3, -0.25) is 0 Å². The number of carbonyl (C=O) groups excluding carboxylic acids is 1. The van der Waals surface area contributed by atoms with Gasteiger partial charge in [-0.2, -0.15) is 0 Å². The molecule has 1 aromatic rings. The summed E-state index contributed by atoms with van der Waals surface area (Å²) >= 11 is 0. The van der Waals surface area contributed by atoms with Crippen LogP contribution in [0.3, 0.4) is 0 Å². The minimum atomic E-state index is -3.03. The maximum absolute atomic E-state index is 12.5. The highest BCUT2D eigenvalue weighted by Gasteiger charge is 2.34. The highest BCUT2D eigenvalue weighted by atomic mass is 32.2. The molecule has 7 heteroatoms. The number of ether oxygens (including phenoxy) is 1. The van der Waals surface area contributed by atoms with Gasteiger partial charge in [0, 0.05) is 26.2 Å². The Morgan fingerprint density at radius 3 is 2.83 bits per heavy atom. The quantitative estimate of drug-likeness (QED) is 0.803. The number of hydrogen-bond donors (Lipinski definition) is 1. The van der Waals surface area contributed by atoms with Gasteiger partial charge in [-0.25, -0.2) is 13.2 Å². The summed E-state index contributed by atoms with van der Waals surface area (Å²) in [5.41, 5.74) is 2.36. The molecule has 1 unspecified atom stereocenters. The number of amides is 2. The highest BCUT2D eigenvalue weighted by Crippen LogP contribution is 2.17. The molecule has 134 valence electrons. The third-order valence-corrected chi connectivity index (χ3v) is 5.97. The molecule has 6 nitrogen and oxygen atoms in total. The van der Waals surface area contributed by atoms with Crippen LogP contribution in [0.1, 0.15) is 17.5 Å². The monoisotopic (exact) mass is 354 g/mol. The van der Waals surface area contributed by atoms with Gasteiger partial charge >= 0.3 is 6.03 Å². The largest absolute Gasteiger partial charge is 0.383 e. The lowest BCUT2D eigenvalue weighted by Gasteiger charge is -2.28. The number of nitrogens with one attached hydrogen (secondary N) is 1. The zero-order chi connectivity index (χ0) is 17.6. The van der Waals surface area contributed by atoms with E-state index in [1.807, 2.05) is 25.1 Å². The van der Waals surface area contributed by atoms with E-state index in [9.17, 15) is 13.2 Å². The molecule has 2 rings (SSSR count). The average molecular weight is 354 g/mol. The van der Waals surface area contributed by atoms with Crippen LogP contribution in [0, 0.1) is 6.92 Å². The van der Waals surface area contributed by atoms with Crippen LogP contribution >= 0.6 is 0 Å². The topological polar surface area (TPSA) is 75.7 Å². The first-order chi connectivity index (χ1) is 11.4. The Balaban J connectivity index is 1.90. The Labute approximate surface area is 144 Å². The summed E-state index contributed by atoms with van der Waals surface area (Å²) in [6.07, 6.45) is 1.24. The van der Waals surface area contributed by atoms with Gasteiger partial charge < -0.3 is 15.0 Å². The molecule has 0 aromatic heterocycles. The van der Waals surface area contributed by atoms with E-state index in [2.05, 4.69) is 11.4 Å². The number of carbonyl (C=O) groups is 1. The second-order valence-electron chi connectivity index (χ2n) is 6.21. The molecule has 0 aliphatic carbocycles. The predicted molar refractivity (Wildman–Crippen MR) is 93.9 cm³/mol. The summed E-state index contributed by atoms with van der Waals surface area (Å²) in [7, 11) is -1.46. The van der Waals surface area contributed by atoms with Gasteiger partial charge in [-0.15, -0.1) is 0 Å². The molecule has 0 spiro atoms. The van der Waals surface area contributed by atoms with Crippen molar-refractivity contribution in [1.29, 1.82) is 0 Å². The second-order valence-corrected chi connectivity index (χ2v) is 8.44. The summed E-state index contributed by atoms with van der Waals surface area (Å²) in [5, 5.41) is 2.90. The van der Waals surface area contributed by atoms with Gasteiger partial charge in [0.15, 0.2) is 9.84 Å². The lowest BCUT2D eigenvalue weighted by molar-refractivity contribution is 0.134. The fourth-order valence-corrected chi connectivity index (χ4v) is 4.67. The van der Waals surface area contributed by atoms with E-state index in [1.54, 1.807) is 12.0 Å². The first-order valence-electron chi connectivity index (χ1n) is 8.20. The van der Waals surface area contributed by atoms with Crippen molar-refractivity contribution < 1.29 is 17.9 Å². The zero-order valence-electron chi connectivity index (χ0n) is 14.3. The molecular weight excluding hydrogens is 328 g/mol. The maximum Gasteiger partial charge on any atom is 0.317 e. The summed E-state index contributed by atoms with van der Waals surface area (Å²) < 4.78 is 28.4. The van der Waals surface area contributed by atoms with Crippen LogP contribution in [0.4, 0.5) is 4.79 Å². The van der Waals surface area contributed by atoms with Crippen molar-refractivity contribution >= 4 is 15.9 Å². The van der Waals surface area contributed by atoms with Gasteiger partial charge in [0.2, 0.25) is 0 Å². The smallest absolute Gasteiger partial charge is 0.317 e. The van der Waals surface area contributed by atoms with Crippen molar-refractivity contribution in [3.8, 4) is 0 Å². The van der Waals surface area contributed by atoms with Crippen LogP contribution in [0.25, 0.3) is 0 Å². The van der Waals surface area contributed by atoms with E-state index >= 15 is 0 Å². The molecule has 2 amide bonds.